The minimum atomic E-state index is -3.27. The third-order valence-electron chi connectivity index (χ3n) is 2.68. The summed E-state index contributed by atoms with van der Waals surface area (Å²) < 4.78 is 30.4. The first-order valence-corrected chi connectivity index (χ1v) is 7.31. The maximum Gasteiger partial charge on any atom is 0.229 e. The van der Waals surface area contributed by atoms with E-state index in [1.807, 2.05) is 30.3 Å². The Morgan fingerprint density at radius 1 is 1.00 bits per heavy atom. The first kappa shape index (κ1) is 11.1. The first-order chi connectivity index (χ1) is 8.53. The molecule has 3 rings (SSSR count). The van der Waals surface area contributed by atoms with Gasteiger partial charge >= 0.3 is 0 Å². The van der Waals surface area contributed by atoms with Crippen LogP contribution in [0.1, 0.15) is 0 Å². The number of sulfonamides is 1. The minimum Gasteiger partial charge on any atom is -0.456 e. The predicted octanol–water partition coefficient (Wildman–Crippen LogP) is 2.96. The first-order valence-electron chi connectivity index (χ1n) is 5.42. The number of benzene rings is 2. The molecule has 0 saturated heterocycles. The van der Waals surface area contributed by atoms with E-state index in [4.69, 9.17) is 4.42 Å². The van der Waals surface area contributed by atoms with E-state index in [0.29, 0.717) is 11.3 Å². The Hall–Kier alpha value is -2.01. The summed E-state index contributed by atoms with van der Waals surface area (Å²) in [4.78, 5) is 0. The molecule has 0 radical (unpaired) electrons. The lowest BCUT2D eigenvalue weighted by atomic mass is 10.1. The van der Waals surface area contributed by atoms with Crippen molar-refractivity contribution in [3.8, 4) is 0 Å². The number of rotatable bonds is 2. The quantitative estimate of drug-likeness (QED) is 0.771. The summed E-state index contributed by atoms with van der Waals surface area (Å²) in [5, 5.41) is 2.00. The van der Waals surface area contributed by atoms with Gasteiger partial charge in [0.15, 0.2) is 0 Å². The van der Waals surface area contributed by atoms with E-state index < -0.39 is 10.0 Å². The molecule has 0 fully saturated rings. The normalized spacial score (nSPS) is 12.1. The van der Waals surface area contributed by atoms with E-state index in [-0.39, 0.29) is 0 Å². The highest BCUT2D eigenvalue weighted by Crippen LogP contribution is 2.30. The lowest BCUT2D eigenvalue weighted by Gasteiger charge is -2.02. The fourth-order valence-electron chi connectivity index (χ4n) is 2.00. The van der Waals surface area contributed by atoms with Gasteiger partial charge in [-0.25, -0.2) is 8.42 Å². The molecule has 0 aliphatic heterocycles. The van der Waals surface area contributed by atoms with Crippen LogP contribution < -0.4 is 4.72 Å². The van der Waals surface area contributed by atoms with Crippen LogP contribution in [0.5, 0.6) is 0 Å². The van der Waals surface area contributed by atoms with Crippen LogP contribution in [-0.4, -0.2) is 14.7 Å². The lowest BCUT2D eigenvalue weighted by molar-refractivity contribution is 0.607. The van der Waals surface area contributed by atoms with Crippen LogP contribution >= 0.6 is 0 Å². The average molecular weight is 261 g/mol. The lowest BCUT2D eigenvalue weighted by Crippen LogP contribution is -2.09. The van der Waals surface area contributed by atoms with E-state index in [0.717, 1.165) is 22.6 Å². The molecule has 92 valence electrons. The Morgan fingerprint density at radius 3 is 2.50 bits per heavy atom. The van der Waals surface area contributed by atoms with Crippen molar-refractivity contribution < 1.29 is 12.8 Å². The molecular formula is C13H11NO3S. The van der Waals surface area contributed by atoms with Gasteiger partial charge in [0, 0.05) is 16.8 Å². The third-order valence-corrected chi connectivity index (χ3v) is 3.29. The van der Waals surface area contributed by atoms with E-state index in [1.165, 1.54) is 0 Å². The average Bonchev–Trinajstić information content (AvgIpc) is 2.64. The highest BCUT2D eigenvalue weighted by molar-refractivity contribution is 7.92. The van der Waals surface area contributed by atoms with Gasteiger partial charge in [0.2, 0.25) is 10.0 Å². The molecule has 18 heavy (non-hydrogen) atoms. The summed E-state index contributed by atoms with van der Waals surface area (Å²) in [5.41, 5.74) is 1.97. The van der Waals surface area contributed by atoms with Gasteiger partial charge < -0.3 is 4.42 Å². The van der Waals surface area contributed by atoms with Crippen LogP contribution in [0.3, 0.4) is 0 Å². The van der Waals surface area contributed by atoms with Crippen molar-refractivity contribution in [1.29, 1.82) is 0 Å². The fourth-order valence-corrected chi connectivity index (χ4v) is 2.56. The van der Waals surface area contributed by atoms with Gasteiger partial charge in [0.1, 0.15) is 11.2 Å². The van der Waals surface area contributed by atoms with Crippen LogP contribution in [0.2, 0.25) is 0 Å². The second-order valence-corrected chi connectivity index (χ2v) is 5.93. The number of hydrogen-bond acceptors (Lipinski definition) is 3. The van der Waals surface area contributed by atoms with Crippen molar-refractivity contribution in [3.63, 3.8) is 0 Å². The summed E-state index contributed by atoms with van der Waals surface area (Å²) in [5.74, 6) is 0. The SMILES string of the molecule is CS(=O)(=O)Nc1ccc2c(c1)oc1ccccc12. The van der Waals surface area contributed by atoms with Gasteiger partial charge in [-0.2, -0.15) is 0 Å². The highest BCUT2D eigenvalue weighted by atomic mass is 32.2. The number of hydrogen-bond donors (Lipinski definition) is 1. The van der Waals surface area contributed by atoms with E-state index in [1.54, 1.807) is 12.1 Å². The Bertz CT molecular complexity index is 834. The Labute approximate surface area is 104 Å². The number of nitrogens with one attached hydrogen (secondary N) is 1. The van der Waals surface area contributed by atoms with Gasteiger partial charge in [-0.3, -0.25) is 4.72 Å². The van der Waals surface area contributed by atoms with E-state index in [9.17, 15) is 8.42 Å². The Morgan fingerprint density at radius 2 is 1.72 bits per heavy atom. The molecule has 3 aromatic rings. The zero-order valence-electron chi connectivity index (χ0n) is 9.67. The minimum absolute atomic E-state index is 0.504. The van der Waals surface area contributed by atoms with Crippen molar-refractivity contribution in [2.24, 2.45) is 0 Å². The van der Waals surface area contributed by atoms with Crippen molar-refractivity contribution in [2.75, 3.05) is 11.0 Å². The maximum atomic E-state index is 11.2. The molecular weight excluding hydrogens is 250 g/mol. The smallest absolute Gasteiger partial charge is 0.229 e. The molecule has 4 nitrogen and oxygen atoms in total. The number of furan rings is 1. The van der Waals surface area contributed by atoms with Gasteiger partial charge in [0.05, 0.1) is 11.9 Å². The number of para-hydroxylation sites is 1. The van der Waals surface area contributed by atoms with Gasteiger partial charge in [-0.15, -0.1) is 0 Å². The van der Waals surface area contributed by atoms with E-state index in [2.05, 4.69) is 4.72 Å². The molecule has 0 unspecified atom stereocenters. The second-order valence-electron chi connectivity index (χ2n) is 4.18. The molecule has 5 heteroatoms. The van der Waals surface area contributed by atoms with Gasteiger partial charge in [0.25, 0.3) is 0 Å². The molecule has 1 heterocycles. The van der Waals surface area contributed by atoms with Gasteiger partial charge in [-0.05, 0) is 18.2 Å². The molecule has 1 aromatic heterocycles. The number of fused-ring (bicyclic) bond motifs is 3. The fraction of sp³-hybridized carbons (Fsp3) is 0.0769. The topological polar surface area (TPSA) is 59.3 Å². The van der Waals surface area contributed by atoms with Crippen molar-refractivity contribution in [3.05, 3.63) is 42.5 Å². The summed E-state index contributed by atoms with van der Waals surface area (Å²) in [6.07, 6.45) is 1.12. The predicted molar refractivity (Wildman–Crippen MR) is 72.2 cm³/mol. The molecule has 0 amide bonds. The van der Waals surface area contributed by atoms with Crippen molar-refractivity contribution >= 4 is 37.6 Å². The van der Waals surface area contributed by atoms with E-state index >= 15 is 0 Å². The summed E-state index contributed by atoms with van der Waals surface area (Å²) in [6.45, 7) is 0. The largest absolute Gasteiger partial charge is 0.456 e. The molecule has 0 aliphatic rings. The van der Waals surface area contributed by atoms with Crippen LogP contribution in [0.15, 0.2) is 46.9 Å². The zero-order chi connectivity index (χ0) is 12.8. The molecule has 0 bridgehead atoms. The molecule has 2 aromatic carbocycles. The standard InChI is InChI=1S/C13H11NO3S/c1-18(15,16)14-9-6-7-11-10-4-2-3-5-12(10)17-13(11)8-9/h2-8,14H,1H3. The zero-order valence-corrected chi connectivity index (χ0v) is 10.5. The van der Waals surface area contributed by atoms with Crippen molar-refractivity contribution in [2.45, 2.75) is 0 Å². The van der Waals surface area contributed by atoms with Crippen LogP contribution in [0.4, 0.5) is 5.69 Å². The molecule has 0 aliphatic carbocycles. The Balaban J connectivity index is 2.21. The van der Waals surface area contributed by atoms with Crippen LogP contribution in [0.25, 0.3) is 21.9 Å². The molecule has 0 spiro atoms. The summed E-state index contributed by atoms with van der Waals surface area (Å²) >= 11 is 0. The van der Waals surface area contributed by atoms with Crippen LogP contribution in [0, 0.1) is 0 Å². The van der Waals surface area contributed by atoms with Gasteiger partial charge in [-0.1, -0.05) is 18.2 Å². The third kappa shape index (κ3) is 1.93. The highest BCUT2D eigenvalue weighted by Gasteiger charge is 2.08. The second kappa shape index (κ2) is 3.74. The molecule has 0 atom stereocenters. The molecule has 1 N–H and O–H groups in total. The summed E-state index contributed by atoms with van der Waals surface area (Å²) in [6, 6.07) is 13.0. The summed E-state index contributed by atoms with van der Waals surface area (Å²) in [7, 11) is -3.27. The Kier molecular flexibility index (Phi) is 2.31. The van der Waals surface area contributed by atoms with Crippen molar-refractivity contribution in [1.82, 2.24) is 0 Å². The molecule has 0 saturated carbocycles. The van der Waals surface area contributed by atoms with Crippen LogP contribution in [-0.2, 0) is 10.0 Å². The maximum absolute atomic E-state index is 11.2. The monoisotopic (exact) mass is 261 g/mol. The number of anilines is 1.